The summed E-state index contributed by atoms with van der Waals surface area (Å²) < 4.78 is 16.5. The van der Waals surface area contributed by atoms with E-state index in [1.165, 1.54) is 33.4 Å². The van der Waals surface area contributed by atoms with Gasteiger partial charge in [0.1, 0.15) is 23.0 Å². The lowest BCUT2D eigenvalue weighted by Gasteiger charge is -2.36. The number of benzene rings is 7. The molecule has 0 saturated carbocycles. The van der Waals surface area contributed by atoms with Crippen LogP contribution in [-0.4, -0.2) is 4.40 Å². The summed E-state index contributed by atoms with van der Waals surface area (Å²) >= 11 is 0. The fraction of sp³-hybridized carbons (Fsp3) is 0.185. The van der Waals surface area contributed by atoms with E-state index >= 15 is 0 Å². The zero-order chi connectivity index (χ0) is 40.9. The molecule has 284 valence electrons. The Morgan fingerprint density at radius 1 is 0.492 bits per heavy atom. The number of nitrogens with zero attached hydrogens (tertiary/aromatic N) is 3. The summed E-state index contributed by atoms with van der Waals surface area (Å²) in [5, 5.41) is 26.1. The van der Waals surface area contributed by atoms with Gasteiger partial charge in [0.2, 0.25) is 0 Å². The molecular weight excluding hydrogens is 723 g/mol. The highest BCUT2D eigenvalue weighted by molar-refractivity contribution is 6.33. The van der Waals surface area contributed by atoms with Gasteiger partial charge < -0.3 is 13.9 Å². The number of hydrogen-bond donors (Lipinski definition) is 0. The first-order valence-electron chi connectivity index (χ1n) is 20.3. The van der Waals surface area contributed by atoms with Crippen molar-refractivity contribution in [2.45, 2.75) is 66.2 Å². The van der Waals surface area contributed by atoms with Crippen molar-refractivity contribution < 1.29 is 9.47 Å². The Balaban J connectivity index is 1.46. The molecule has 2 aliphatic rings. The van der Waals surface area contributed by atoms with E-state index < -0.39 is 10.8 Å². The maximum atomic E-state index is 11.1. The largest absolute Gasteiger partial charge is 0.456 e. The minimum atomic E-state index is -0.528. The minimum absolute atomic E-state index is 0.528. The van der Waals surface area contributed by atoms with Crippen LogP contribution in [0.5, 0.6) is 23.0 Å². The molecular formula is C54H41N3O2. The van der Waals surface area contributed by atoms with Gasteiger partial charge in [-0.1, -0.05) is 100 Å². The summed E-state index contributed by atoms with van der Waals surface area (Å²) in [7, 11) is 0. The molecule has 2 aliphatic heterocycles. The average Bonchev–Trinajstić information content (AvgIpc) is 3.73. The first-order chi connectivity index (χ1) is 28.4. The standard InChI is InChI=1S/C54H41N3O2/c1-28-15-13-16-29(2)42(28)34-25-35(43-30(3)17-14-18-31(43)4)45-47-39(24-33(27-56)49-52(47)59-41-22-12-10-20-37(41)54(49,7)8)57-38-23-32(26-55)48-51(46(38)44(34)50(45)57)58-40-21-11-9-19-36(40)53(48,5)6/h9-25H,1-8H3. The zero-order valence-electron chi connectivity index (χ0n) is 34.5. The topological polar surface area (TPSA) is 70.5 Å². The van der Waals surface area contributed by atoms with Gasteiger partial charge in [0, 0.05) is 43.9 Å². The minimum Gasteiger partial charge on any atom is -0.456 e. The van der Waals surface area contributed by atoms with Crippen LogP contribution in [0.4, 0.5) is 0 Å². The third kappa shape index (κ3) is 4.37. The van der Waals surface area contributed by atoms with Crippen molar-refractivity contribution in [2.75, 3.05) is 0 Å². The van der Waals surface area contributed by atoms with Crippen molar-refractivity contribution in [3.8, 4) is 57.4 Å². The Kier molecular flexibility index (Phi) is 6.99. The Hall–Kier alpha value is -7.08. The summed E-state index contributed by atoms with van der Waals surface area (Å²) in [4.78, 5) is 0. The molecule has 0 N–H and O–H groups in total. The first kappa shape index (κ1) is 35.1. The van der Waals surface area contributed by atoms with E-state index in [1.54, 1.807) is 0 Å². The summed E-state index contributed by atoms with van der Waals surface area (Å²) in [6, 6.07) is 41.1. The number of aromatic nitrogens is 1. The van der Waals surface area contributed by atoms with Crippen LogP contribution in [0.1, 0.15) is 83.3 Å². The van der Waals surface area contributed by atoms with Crippen molar-refractivity contribution in [3.05, 3.63) is 159 Å². The van der Waals surface area contributed by atoms with E-state index in [1.807, 2.05) is 36.4 Å². The second-order valence-corrected chi connectivity index (χ2v) is 17.7. The Morgan fingerprint density at radius 2 is 0.881 bits per heavy atom. The van der Waals surface area contributed by atoms with Crippen LogP contribution in [-0.2, 0) is 10.8 Å². The summed E-state index contributed by atoms with van der Waals surface area (Å²) in [6.07, 6.45) is 0. The molecule has 0 unspecified atom stereocenters. The van der Waals surface area contributed by atoms with Gasteiger partial charge in [-0.25, -0.2) is 0 Å². The van der Waals surface area contributed by atoms with Gasteiger partial charge in [-0.2, -0.15) is 10.5 Å². The second kappa shape index (κ2) is 11.8. The molecule has 0 atom stereocenters. The molecule has 0 bridgehead atoms. The fourth-order valence-corrected chi connectivity index (χ4v) is 11.0. The highest BCUT2D eigenvalue weighted by Crippen LogP contribution is 2.60. The number of aryl methyl sites for hydroxylation is 4. The monoisotopic (exact) mass is 763 g/mol. The number of nitriles is 2. The predicted molar refractivity (Wildman–Crippen MR) is 238 cm³/mol. The Morgan fingerprint density at radius 3 is 1.27 bits per heavy atom. The molecule has 0 aliphatic carbocycles. The van der Waals surface area contributed by atoms with Crippen LogP contribution in [0.3, 0.4) is 0 Å². The number of hydrogen-bond acceptors (Lipinski definition) is 4. The van der Waals surface area contributed by atoms with Crippen molar-refractivity contribution in [3.63, 3.8) is 0 Å². The van der Waals surface area contributed by atoms with Crippen LogP contribution in [0.25, 0.3) is 60.3 Å². The van der Waals surface area contributed by atoms with Gasteiger partial charge in [0.15, 0.2) is 0 Å². The Bertz CT molecular complexity index is 3190. The highest BCUT2D eigenvalue weighted by atomic mass is 16.5. The van der Waals surface area contributed by atoms with Crippen LogP contribution in [0.2, 0.25) is 0 Å². The molecule has 5 heteroatoms. The Labute approximate surface area is 343 Å². The van der Waals surface area contributed by atoms with E-state index in [4.69, 9.17) is 9.47 Å². The number of para-hydroxylation sites is 2. The van der Waals surface area contributed by atoms with Crippen LogP contribution >= 0.6 is 0 Å². The number of ether oxygens (including phenoxy) is 2. The third-order valence-corrected chi connectivity index (χ3v) is 13.6. The molecule has 4 heterocycles. The quantitative estimate of drug-likeness (QED) is 0.176. The SMILES string of the molecule is Cc1cccc(C)c1-c1cc(-c2c(C)cccc2C)c2c3c4c(c(C#N)cc3n3c5cc(C#N)c6c(c5c1c23)Oc1ccccc1C6(C)C)C(C)(C)c1ccccc1O4. The van der Waals surface area contributed by atoms with Crippen molar-refractivity contribution in [1.82, 2.24) is 4.40 Å². The molecule has 59 heavy (non-hydrogen) atoms. The first-order valence-corrected chi connectivity index (χ1v) is 20.3. The summed E-state index contributed by atoms with van der Waals surface area (Å²) in [5.41, 5.74) is 15.9. The lowest BCUT2D eigenvalue weighted by atomic mass is 9.73. The summed E-state index contributed by atoms with van der Waals surface area (Å²) in [6.45, 7) is 17.5. The molecule has 11 rings (SSSR count). The maximum absolute atomic E-state index is 11.1. The second-order valence-electron chi connectivity index (χ2n) is 17.7. The molecule has 0 saturated heterocycles. The number of fused-ring (bicyclic) bond motifs is 12. The van der Waals surface area contributed by atoms with Crippen molar-refractivity contribution in [1.29, 1.82) is 10.5 Å². The van der Waals surface area contributed by atoms with E-state index in [0.717, 1.165) is 83.0 Å². The smallest absolute Gasteiger partial charge is 0.142 e. The van der Waals surface area contributed by atoms with Crippen LogP contribution in [0, 0.1) is 50.4 Å². The zero-order valence-corrected chi connectivity index (χ0v) is 34.5. The molecule has 2 aromatic heterocycles. The fourth-order valence-electron chi connectivity index (χ4n) is 11.0. The van der Waals surface area contributed by atoms with E-state index in [9.17, 15) is 10.5 Å². The van der Waals surface area contributed by atoms with E-state index in [2.05, 4.69) is 139 Å². The van der Waals surface area contributed by atoms with Crippen LogP contribution in [0.15, 0.2) is 103 Å². The van der Waals surface area contributed by atoms with E-state index in [-0.39, 0.29) is 0 Å². The van der Waals surface area contributed by atoms with Gasteiger partial charge in [0.25, 0.3) is 0 Å². The normalized spacial score (nSPS) is 14.6. The van der Waals surface area contributed by atoms with E-state index in [0.29, 0.717) is 22.6 Å². The molecule has 9 aromatic rings. The molecule has 0 radical (unpaired) electrons. The van der Waals surface area contributed by atoms with Crippen molar-refractivity contribution >= 4 is 38.1 Å². The molecule has 0 fully saturated rings. The van der Waals surface area contributed by atoms with Gasteiger partial charge in [-0.05, 0) is 103 Å². The molecule has 0 amide bonds. The summed E-state index contributed by atoms with van der Waals surface area (Å²) in [5.74, 6) is 2.99. The highest BCUT2D eigenvalue weighted by Gasteiger charge is 2.42. The van der Waals surface area contributed by atoms with Gasteiger partial charge >= 0.3 is 0 Å². The average molecular weight is 764 g/mol. The van der Waals surface area contributed by atoms with Crippen molar-refractivity contribution in [2.24, 2.45) is 0 Å². The lowest BCUT2D eigenvalue weighted by Crippen LogP contribution is -2.26. The van der Waals surface area contributed by atoms with Gasteiger partial charge in [0.05, 0.1) is 50.6 Å². The third-order valence-electron chi connectivity index (χ3n) is 13.6. The predicted octanol–water partition coefficient (Wildman–Crippen LogP) is 14.0. The molecule has 0 spiro atoms. The van der Waals surface area contributed by atoms with Gasteiger partial charge in [-0.3, -0.25) is 0 Å². The lowest BCUT2D eigenvalue weighted by molar-refractivity contribution is 0.422. The van der Waals surface area contributed by atoms with Crippen LogP contribution < -0.4 is 9.47 Å². The number of rotatable bonds is 2. The molecule has 5 nitrogen and oxygen atoms in total. The van der Waals surface area contributed by atoms with Gasteiger partial charge in [-0.15, -0.1) is 0 Å². The molecule has 7 aromatic carbocycles. The maximum Gasteiger partial charge on any atom is 0.142 e.